The van der Waals surface area contributed by atoms with Gasteiger partial charge in [0.2, 0.25) is 0 Å². The van der Waals surface area contributed by atoms with E-state index in [2.05, 4.69) is 4.98 Å². The molecule has 0 aliphatic heterocycles. The summed E-state index contributed by atoms with van der Waals surface area (Å²) in [5.41, 5.74) is 0.184. The van der Waals surface area contributed by atoms with Gasteiger partial charge >= 0.3 is 0 Å². The van der Waals surface area contributed by atoms with Crippen LogP contribution in [0.15, 0.2) is 41.6 Å². The van der Waals surface area contributed by atoms with E-state index in [1.165, 1.54) is 29.2 Å². The molecule has 0 radical (unpaired) electrons. The summed E-state index contributed by atoms with van der Waals surface area (Å²) in [7, 11) is 0. The summed E-state index contributed by atoms with van der Waals surface area (Å²) < 4.78 is 14.8. The van der Waals surface area contributed by atoms with E-state index in [1.54, 1.807) is 12.1 Å². The van der Waals surface area contributed by atoms with Crippen molar-refractivity contribution in [2.24, 2.45) is 0 Å². The number of rotatable bonds is 2. The smallest absolute Gasteiger partial charge is 0.253 e. The third-order valence-corrected chi connectivity index (χ3v) is 2.38. The Morgan fingerprint density at radius 3 is 2.88 bits per heavy atom. The van der Waals surface area contributed by atoms with Crippen LogP contribution in [0.1, 0.15) is 5.56 Å². The third kappa shape index (κ3) is 2.28. The van der Waals surface area contributed by atoms with Crippen molar-refractivity contribution in [3.05, 3.63) is 63.5 Å². The van der Waals surface area contributed by atoms with E-state index in [0.717, 1.165) is 0 Å². The Balaban J connectivity index is 2.35. The third-order valence-electron chi connectivity index (χ3n) is 2.15. The maximum Gasteiger partial charge on any atom is 0.253 e. The van der Waals surface area contributed by atoms with Gasteiger partial charge in [-0.3, -0.25) is 9.36 Å². The van der Waals surface area contributed by atoms with Crippen LogP contribution in [0.4, 0.5) is 4.39 Å². The van der Waals surface area contributed by atoms with Crippen LogP contribution >= 0.6 is 11.6 Å². The average molecular weight is 239 g/mol. The molecule has 0 atom stereocenters. The fourth-order valence-corrected chi connectivity index (χ4v) is 1.49. The Morgan fingerprint density at radius 2 is 2.19 bits per heavy atom. The summed E-state index contributed by atoms with van der Waals surface area (Å²) in [4.78, 5) is 15.2. The predicted molar refractivity (Wildman–Crippen MR) is 59.0 cm³/mol. The van der Waals surface area contributed by atoms with Gasteiger partial charge in [0.1, 0.15) is 5.82 Å². The largest absolute Gasteiger partial charge is 0.295 e. The molecule has 3 nitrogen and oxygen atoms in total. The zero-order valence-electron chi connectivity index (χ0n) is 8.23. The molecule has 2 rings (SSSR count). The van der Waals surface area contributed by atoms with Gasteiger partial charge in [0.05, 0.1) is 12.9 Å². The minimum atomic E-state index is -0.428. The number of hydrogen-bond acceptors (Lipinski definition) is 2. The van der Waals surface area contributed by atoms with Crippen molar-refractivity contribution in [3.63, 3.8) is 0 Å². The highest BCUT2D eigenvalue weighted by Crippen LogP contribution is 2.14. The van der Waals surface area contributed by atoms with Gasteiger partial charge in [0.15, 0.2) is 0 Å². The molecular weight excluding hydrogens is 231 g/mol. The zero-order chi connectivity index (χ0) is 11.5. The van der Waals surface area contributed by atoms with Crippen LogP contribution in [-0.4, -0.2) is 9.55 Å². The van der Waals surface area contributed by atoms with Crippen molar-refractivity contribution in [1.29, 1.82) is 0 Å². The summed E-state index contributed by atoms with van der Waals surface area (Å²) in [5.74, 6) is -0.428. The molecule has 0 fully saturated rings. The fourth-order valence-electron chi connectivity index (χ4n) is 1.33. The highest BCUT2D eigenvalue weighted by Gasteiger charge is 2.04. The van der Waals surface area contributed by atoms with E-state index in [-0.39, 0.29) is 12.1 Å². The number of hydrogen-bond donors (Lipinski definition) is 0. The molecule has 0 saturated heterocycles. The molecule has 1 aromatic heterocycles. The quantitative estimate of drug-likeness (QED) is 0.803. The van der Waals surface area contributed by atoms with Crippen molar-refractivity contribution in [1.82, 2.24) is 9.55 Å². The summed E-state index contributed by atoms with van der Waals surface area (Å²) >= 11 is 5.63. The topological polar surface area (TPSA) is 34.9 Å². The Hall–Kier alpha value is -1.68. The minimum absolute atomic E-state index is 0.148. The molecule has 0 saturated carbocycles. The van der Waals surface area contributed by atoms with Gasteiger partial charge in [-0.2, -0.15) is 0 Å². The van der Waals surface area contributed by atoms with Crippen LogP contribution in [0.3, 0.4) is 0 Å². The van der Waals surface area contributed by atoms with Gasteiger partial charge in [-0.05, 0) is 12.1 Å². The number of benzene rings is 1. The molecule has 0 N–H and O–H groups in total. The van der Waals surface area contributed by atoms with E-state index < -0.39 is 5.82 Å². The van der Waals surface area contributed by atoms with Crippen LogP contribution in [0, 0.1) is 5.82 Å². The van der Waals surface area contributed by atoms with Crippen LogP contribution in [0.5, 0.6) is 0 Å². The summed E-state index contributed by atoms with van der Waals surface area (Å²) in [5, 5.41) is 0.333. The first-order valence-electron chi connectivity index (χ1n) is 4.61. The second-order valence-corrected chi connectivity index (χ2v) is 3.72. The van der Waals surface area contributed by atoms with Gasteiger partial charge in [0, 0.05) is 22.8 Å². The normalized spacial score (nSPS) is 10.4. The van der Waals surface area contributed by atoms with Gasteiger partial charge in [-0.15, -0.1) is 0 Å². The molecule has 0 aliphatic carbocycles. The van der Waals surface area contributed by atoms with Crippen LogP contribution in [0.25, 0.3) is 0 Å². The average Bonchev–Trinajstić information content (AvgIpc) is 2.25. The van der Waals surface area contributed by atoms with E-state index in [9.17, 15) is 9.18 Å². The first-order chi connectivity index (χ1) is 7.66. The van der Waals surface area contributed by atoms with E-state index in [4.69, 9.17) is 11.6 Å². The molecule has 0 bridgehead atoms. The first kappa shape index (κ1) is 10.8. The number of nitrogens with zero attached hydrogens (tertiary/aromatic N) is 2. The van der Waals surface area contributed by atoms with E-state index in [0.29, 0.717) is 10.6 Å². The monoisotopic (exact) mass is 238 g/mol. The van der Waals surface area contributed by atoms with Crippen LogP contribution in [-0.2, 0) is 6.54 Å². The molecule has 0 spiro atoms. The van der Waals surface area contributed by atoms with Gasteiger partial charge in [0.25, 0.3) is 5.56 Å². The molecule has 2 aromatic rings. The molecule has 0 amide bonds. The Kier molecular flexibility index (Phi) is 3.01. The molecule has 0 unspecified atom stereocenters. The molecule has 82 valence electrons. The lowest BCUT2D eigenvalue weighted by molar-refractivity contribution is 0.594. The first-order valence-corrected chi connectivity index (χ1v) is 4.99. The number of aromatic nitrogens is 2. The van der Waals surface area contributed by atoms with Crippen molar-refractivity contribution in [3.8, 4) is 0 Å². The van der Waals surface area contributed by atoms with E-state index in [1.807, 2.05) is 0 Å². The minimum Gasteiger partial charge on any atom is -0.295 e. The van der Waals surface area contributed by atoms with Crippen LogP contribution in [0.2, 0.25) is 5.02 Å². The molecule has 5 heteroatoms. The van der Waals surface area contributed by atoms with Crippen molar-refractivity contribution < 1.29 is 4.39 Å². The van der Waals surface area contributed by atoms with Crippen molar-refractivity contribution in [2.45, 2.75) is 6.54 Å². The molecule has 1 heterocycles. The molecule has 1 aromatic carbocycles. The Morgan fingerprint density at radius 1 is 1.38 bits per heavy atom. The molecule has 16 heavy (non-hydrogen) atoms. The summed E-state index contributed by atoms with van der Waals surface area (Å²) in [6.07, 6.45) is 2.77. The second-order valence-electron chi connectivity index (χ2n) is 3.28. The number of halogens is 2. The van der Waals surface area contributed by atoms with E-state index >= 15 is 0 Å². The summed E-state index contributed by atoms with van der Waals surface area (Å²) in [6, 6.07) is 5.69. The predicted octanol–water partition coefficient (Wildman–Crippen LogP) is 2.08. The fraction of sp³-hybridized carbons (Fsp3) is 0.0909. The van der Waals surface area contributed by atoms with Crippen molar-refractivity contribution in [2.75, 3.05) is 0 Å². The lowest BCUT2D eigenvalue weighted by Crippen LogP contribution is -2.19. The Bertz CT molecular complexity index is 568. The van der Waals surface area contributed by atoms with Gasteiger partial charge in [-0.25, -0.2) is 9.37 Å². The highest BCUT2D eigenvalue weighted by atomic mass is 35.5. The SMILES string of the molecule is O=c1ccncn1Cc1ccc(Cl)cc1F. The Labute approximate surface area is 96.1 Å². The van der Waals surface area contributed by atoms with Crippen LogP contribution < -0.4 is 5.56 Å². The lowest BCUT2D eigenvalue weighted by atomic mass is 10.2. The maximum atomic E-state index is 13.4. The standard InChI is InChI=1S/C11H8ClFN2O/c12-9-2-1-8(10(13)5-9)6-15-7-14-4-3-11(15)16/h1-5,7H,6H2. The molecular formula is C11H8ClFN2O. The van der Waals surface area contributed by atoms with Gasteiger partial charge < -0.3 is 0 Å². The lowest BCUT2D eigenvalue weighted by Gasteiger charge is -2.05. The van der Waals surface area contributed by atoms with Gasteiger partial charge in [-0.1, -0.05) is 17.7 Å². The second kappa shape index (κ2) is 4.45. The summed E-state index contributed by atoms with van der Waals surface area (Å²) in [6.45, 7) is 0.148. The highest BCUT2D eigenvalue weighted by molar-refractivity contribution is 6.30. The van der Waals surface area contributed by atoms with Crippen molar-refractivity contribution >= 4 is 11.6 Å². The zero-order valence-corrected chi connectivity index (χ0v) is 8.99. The maximum absolute atomic E-state index is 13.4. The molecule has 0 aliphatic rings.